The van der Waals surface area contributed by atoms with Gasteiger partial charge in [-0.15, -0.1) is 0 Å². The minimum Gasteiger partial charge on any atom is -0.748 e. The van der Waals surface area contributed by atoms with Crippen LogP contribution >= 0.6 is 7.92 Å². The third-order valence-corrected chi connectivity index (χ3v) is 8.97. The Labute approximate surface area is 178 Å². The Bertz CT molecular complexity index is 767. The molecule has 0 saturated carbocycles. The Morgan fingerprint density at radius 1 is 0.897 bits per heavy atom. The molecule has 0 aliphatic carbocycles. The third-order valence-electron chi connectivity index (χ3n) is 5.57. The predicted molar refractivity (Wildman–Crippen MR) is 123 cm³/mol. The van der Waals surface area contributed by atoms with Gasteiger partial charge in [-0.3, -0.25) is 0 Å². The Morgan fingerprint density at radius 2 is 1.38 bits per heavy atom. The van der Waals surface area contributed by atoms with Crippen molar-refractivity contribution in [2.24, 2.45) is 0 Å². The normalized spacial score (nSPS) is 15.7. The van der Waals surface area contributed by atoms with E-state index in [0.717, 1.165) is 12.6 Å². The van der Waals surface area contributed by atoms with Gasteiger partial charge in [0.1, 0.15) is 0 Å². The molecule has 160 valence electrons. The van der Waals surface area contributed by atoms with E-state index >= 15 is 0 Å². The number of benzene rings is 2. The van der Waals surface area contributed by atoms with Crippen molar-refractivity contribution >= 4 is 28.6 Å². The van der Waals surface area contributed by atoms with E-state index in [-0.39, 0.29) is 5.75 Å². The molecule has 0 atom stereocenters. The zero-order chi connectivity index (χ0) is 21.2. The number of hydrogen-bond donors (Lipinski definition) is 0. The smallest absolute Gasteiger partial charge is 0.0945 e. The Morgan fingerprint density at radius 3 is 1.76 bits per heavy atom. The van der Waals surface area contributed by atoms with Crippen LogP contribution in [-0.2, 0) is 10.1 Å². The number of nitrogens with zero attached hydrogens (tertiary/aromatic N) is 1. The van der Waals surface area contributed by atoms with Crippen LogP contribution in [0, 0.1) is 0 Å². The van der Waals surface area contributed by atoms with Crippen LogP contribution in [0.5, 0.6) is 0 Å². The van der Waals surface area contributed by atoms with E-state index in [1.54, 1.807) is 0 Å². The van der Waals surface area contributed by atoms with Crippen molar-refractivity contribution in [1.29, 1.82) is 0 Å². The fraction of sp³-hybridized carbons (Fsp3) is 0.478. The van der Waals surface area contributed by atoms with Gasteiger partial charge in [-0.25, -0.2) is 8.42 Å². The van der Waals surface area contributed by atoms with Crippen LogP contribution in [0.1, 0.15) is 32.6 Å². The molecule has 0 aromatic heterocycles. The van der Waals surface area contributed by atoms with Gasteiger partial charge in [0.2, 0.25) is 0 Å². The molecule has 4 nitrogen and oxygen atoms in total. The van der Waals surface area contributed by atoms with Gasteiger partial charge in [-0.2, -0.15) is 0 Å². The second-order valence-electron chi connectivity index (χ2n) is 7.88. The molecule has 29 heavy (non-hydrogen) atoms. The first-order valence-corrected chi connectivity index (χ1v) is 13.6. The molecular formula is C23H34NO3PS. The fourth-order valence-corrected chi connectivity index (χ4v) is 6.56. The molecule has 0 spiro atoms. The van der Waals surface area contributed by atoms with Crippen LogP contribution < -0.4 is 10.6 Å². The van der Waals surface area contributed by atoms with E-state index in [4.69, 9.17) is 0 Å². The van der Waals surface area contributed by atoms with Crippen LogP contribution in [0.4, 0.5) is 0 Å². The van der Waals surface area contributed by atoms with Crippen molar-refractivity contribution in [3.8, 4) is 0 Å². The van der Waals surface area contributed by atoms with Gasteiger partial charge in [-0.05, 0) is 44.5 Å². The number of rotatable bonds is 8. The lowest BCUT2D eigenvalue weighted by Gasteiger charge is -2.26. The highest BCUT2D eigenvalue weighted by atomic mass is 32.2. The average Bonchev–Trinajstić information content (AvgIpc) is 3.16. The van der Waals surface area contributed by atoms with Crippen LogP contribution in [0.15, 0.2) is 60.7 Å². The SMILES string of the molecule is CC[N+]1(C)CCCC1.O=S(=O)([O-])CCCCP(c1ccccc1)c1ccccc1. The summed E-state index contributed by atoms with van der Waals surface area (Å²) in [5.41, 5.74) is 0. The Hall–Kier alpha value is -1.26. The molecule has 1 aliphatic heterocycles. The lowest BCUT2D eigenvalue weighted by atomic mass is 10.4. The third kappa shape index (κ3) is 8.96. The van der Waals surface area contributed by atoms with Gasteiger partial charge in [0, 0.05) is 18.6 Å². The van der Waals surface area contributed by atoms with E-state index in [1.165, 1.54) is 47.6 Å². The van der Waals surface area contributed by atoms with Gasteiger partial charge in [0.05, 0.1) is 36.8 Å². The summed E-state index contributed by atoms with van der Waals surface area (Å²) in [5, 5.41) is 2.56. The lowest BCUT2D eigenvalue weighted by molar-refractivity contribution is -0.895. The standard InChI is InChI=1S/C16H19O3PS.C7H16N/c17-21(18,19)14-8-7-13-20(15-9-3-1-4-10-15)16-11-5-2-6-12-16;1-3-8(2)6-4-5-7-8/h1-6,9-12H,7-8,13-14H2,(H,17,18,19);3-7H2,1-2H3/q;+1/p-1. The zero-order valence-electron chi connectivity index (χ0n) is 17.7. The molecule has 0 amide bonds. The Balaban J connectivity index is 0.000000313. The monoisotopic (exact) mass is 435 g/mol. The highest BCUT2D eigenvalue weighted by Gasteiger charge is 2.23. The first-order chi connectivity index (χ1) is 13.8. The average molecular weight is 436 g/mol. The van der Waals surface area contributed by atoms with Gasteiger partial charge in [0.15, 0.2) is 0 Å². The summed E-state index contributed by atoms with van der Waals surface area (Å²) in [7, 11) is -2.24. The van der Waals surface area contributed by atoms with Crippen LogP contribution in [0.2, 0.25) is 0 Å². The molecule has 1 fully saturated rings. The van der Waals surface area contributed by atoms with Crippen LogP contribution in [0.25, 0.3) is 0 Å². The van der Waals surface area contributed by atoms with Crippen molar-refractivity contribution in [3.05, 3.63) is 60.7 Å². The van der Waals surface area contributed by atoms with Crippen molar-refractivity contribution in [1.82, 2.24) is 0 Å². The minimum absolute atomic E-state index is 0.264. The number of unbranched alkanes of at least 4 members (excludes halogenated alkanes) is 1. The topological polar surface area (TPSA) is 57.2 Å². The summed E-state index contributed by atoms with van der Waals surface area (Å²) >= 11 is 0. The zero-order valence-corrected chi connectivity index (χ0v) is 19.4. The molecule has 6 heteroatoms. The first kappa shape index (κ1) is 24.0. The summed E-state index contributed by atoms with van der Waals surface area (Å²) in [6.07, 6.45) is 4.98. The molecule has 1 aliphatic rings. The highest BCUT2D eigenvalue weighted by molar-refractivity contribution is 7.85. The summed E-state index contributed by atoms with van der Waals surface area (Å²) in [5.74, 6) is -0.264. The molecule has 3 rings (SSSR count). The van der Waals surface area contributed by atoms with Crippen molar-refractivity contribution in [2.45, 2.75) is 32.6 Å². The van der Waals surface area contributed by atoms with E-state index in [0.29, 0.717) is 6.42 Å². The summed E-state index contributed by atoms with van der Waals surface area (Å²) in [6.45, 7) is 6.43. The van der Waals surface area contributed by atoms with Crippen molar-refractivity contribution in [3.63, 3.8) is 0 Å². The van der Waals surface area contributed by atoms with Gasteiger partial charge in [-0.1, -0.05) is 60.7 Å². The summed E-state index contributed by atoms with van der Waals surface area (Å²) in [4.78, 5) is 0. The van der Waals surface area contributed by atoms with Crippen molar-refractivity contribution < 1.29 is 17.5 Å². The maximum Gasteiger partial charge on any atom is 0.0945 e. The first-order valence-electron chi connectivity index (χ1n) is 10.5. The van der Waals surface area contributed by atoms with Crippen LogP contribution in [0.3, 0.4) is 0 Å². The second kappa shape index (κ2) is 11.8. The molecule has 1 saturated heterocycles. The molecule has 2 aromatic carbocycles. The maximum atomic E-state index is 10.7. The fourth-order valence-electron chi connectivity index (χ4n) is 3.59. The number of hydrogen-bond acceptors (Lipinski definition) is 3. The summed E-state index contributed by atoms with van der Waals surface area (Å²) in [6, 6.07) is 20.5. The lowest BCUT2D eigenvalue weighted by Crippen LogP contribution is -2.40. The van der Waals surface area contributed by atoms with Gasteiger partial charge < -0.3 is 9.04 Å². The predicted octanol–water partition coefficient (Wildman–Crippen LogP) is 3.69. The molecule has 1 heterocycles. The van der Waals surface area contributed by atoms with Gasteiger partial charge >= 0.3 is 0 Å². The molecule has 0 bridgehead atoms. The van der Waals surface area contributed by atoms with Gasteiger partial charge in [0.25, 0.3) is 0 Å². The van der Waals surface area contributed by atoms with Crippen LogP contribution in [-0.4, -0.2) is 56.1 Å². The minimum atomic E-state index is -4.09. The second-order valence-corrected chi connectivity index (χ2v) is 11.7. The van der Waals surface area contributed by atoms with Crippen molar-refractivity contribution in [2.75, 3.05) is 38.6 Å². The van der Waals surface area contributed by atoms with E-state index in [2.05, 4.69) is 38.2 Å². The van der Waals surface area contributed by atoms with E-state index in [1.807, 2.05) is 36.4 Å². The summed E-state index contributed by atoms with van der Waals surface area (Å²) < 4.78 is 33.3. The molecule has 0 N–H and O–H groups in total. The van der Waals surface area contributed by atoms with E-state index < -0.39 is 18.0 Å². The number of quaternary nitrogens is 1. The quantitative estimate of drug-likeness (QED) is 0.275. The van der Waals surface area contributed by atoms with E-state index in [9.17, 15) is 13.0 Å². The molecule has 2 aromatic rings. The molecule has 0 unspecified atom stereocenters. The largest absolute Gasteiger partial charge is 0.748 e. The highest BCUT2D eigenvalue weighted by Crippen LogP contribution is 2.34. The Kier molecular flexibility index (Phi) is 9.78. The molecule has 0 radical (unpaired) electrons. The number of likely N-dealkylation sites (tertiary alicyclic amines) is 1. The maximum absolute atomic E-state index is 10.7. The molecular weight excluding hydrogens is 401 g/mol.